The third-order valence-electron chi connectivity index (χ3n) is 4.11. The van der Waals surface area contributed by atoms with Gasteiger partial charge in [-0.2, -0.15) is 0 Å². The molecule has 0 aliphatic rings. The van der Waals surface area contributed by atoms with Crippen LogP contribution in [-0.4, -0.2) is 26.6 Å². The molecule has 4 rings (SSSR count). The molecule has 6 heteroatoms. The minimum Gasteiger partial charge on any atom is -0.310 e. The van der Waals surface area contributed by atoms with Crippen LogP contribution >= 0.6 is 11.8 Å². The lowest BCUT2D eigenvalue weighted by molar-refractivity contribution is -0.113. The Bertz CT molecular complexity index is 1030. The van der Waals surface area contributed by atoms with Gasteiger partial charge in [-0.05, 0) is 18.2 Å². The summed E-state index contributed by atoms with van der Waals surface area (Å²) in [7, 11) is 0. The van der Waals surface area contributed by atoms with Crippen molar-refractivity contribution in [3.8, 4) is 22.5 Å². The molecule has 1 amide bonds. The summed E-state index contributed by atoms with van der Waals surface area (Å²) in [5.41, 5.74) is 3.66. The summed E-state index contributed by atoms with van der Waals surface area (Å²) in [6, 6.07) is 27.3. The van der Waals surface area contributed by atoms with Gasteiger partial charge in [-0.15, -0.1) is 0 Å². The van der Waals surface area contributed by atoms with Gasteiger partial charge in [-0.3, -0.25) is 4.79 Å². The molecule has 2 aromatic carbocycles. The number of anilines is 1. The van der Waals surface area contributed by atoms with E-state index in [9.17, 15) is 4.79 Å². The van der Waals surface area contributed by atoms with Gasteiger partial charge in [0.1, 0.15) is 5.82 Å². The van der Waals surface area contributed by atoms with E-state index in [0.29, 0.717) is 11.0 Å². The van der Waals surface area contributed by atoms with Gasteiger partial charge in [0.2, 0.25) is 5.91 Å². The van der Waals surface area contributed by atoms with Crippen molar-refractivity contribution < 1.29 is 4.79 Å². The molecule has 4 aromatic rings. The van der Waals surface area contributed by atoms with Gasteiger partial charge in [0.25, 0.3) is 0 Å². The predicted molar refractivity (Wildman–Crippen MR) is 116 cm³/mol. The maximum Gasteiger partial charge on any atom is 0.236 e. The Labute approximate surface area is 173 Å². The number of hydrogen-bond acceptors (Lipinski definition) is 5. The number of thioether (sulfide) groups is 1. The van der Waals surface area contributed by atoms with Crippen LogP contribution in [0.4, 0.5) is 5.82 Å². The molecule has 0 radical (unpaired) electrons. The van der Waals surface area contributed by atoms with E-state index in [1.165, 1.54) is 11.8 Å². The molecule has 0 bridgehead atoms. The molecule has 0 saturated heterocycles. The SMILES string of the molecule is O=C(CSc1nc(-c2ccccc2)cc(-c2ccccc2)n1)Nc1ccccn1. The lowest BCUT2D eigenvalue weighted by Crippen LogP contribution is -2.15. The van der Waals surface area contributed by atoms with Crippen LogP contribution in [0.1, 0.15) is 0 Å². The molecule has 1 N–H and O–H groups in total. The molecule has 0 aliphatic carbocycles. The Morgan fingerprint density at radius 2 is 1.38 bits per heavy atom. The highest BCUT2D eigenvalue weighted by molar-refractivity contribution is 7.99. The zero-order chi connectivity index (χ0) is 19.9. The van der Waals surface area contributed by atoms with E-state index in [-0.39, 0.29) is 11.7 Å². The van der Waals surface area contributed by atoms with Crippen molar-refractivity contribution in [2.75, 3.05) is 11.1 Å². The summed E-state index contributed by atoms with van der Waals surface area (Å²) < 4.78 is 0. The smallest absolute Gasteiger partial charge is 0.236 e. The first kappa shape index (κ1) is 18.8. The molecule has 0 spiro atoms. The van der Waals surface area contributed by atoms with Crippen LogP contribution in [0.2, 0.25) is 0 Å². The summed E-state index contributed by atoms with van der Waals surface area (Å²) in [5, 5.41) is 3.34. The largest absolute Gasteiger partial charge is 0.310 e. The summed E-state index contributed by atoms with van der Waals surface area (Å²) >= 11 is 1.30. The molecule has 2 aromatic heterocycles. The molecule has 0 saturated carbocycles. The van der Waals surface area contributed by atoms with Crippen molar-refractivity contribution in [3.63, 3.8) is 0 Å². The Hall–Kier alpha value is -3.51. The van der Waals surface area contributed by atoms with Gasteiger partial charge < -0.3 is 5.32 Å². The van der Waals surface area contributed by atoms with E-state index in [1.807, 2.05) is 72.8 Å². The van der Waals surface area contributed by atoms with Crippen molar-refractivity contribution in [1.82, 2.24) is 15.0 Å². The lowest BCUT2D eigenvalue weighted by atomic mass is 10.1. The molecular weight excluding hydrogens is 380 g/mol. The molecule has 2 heterocycles. The average Bonchev–Trinajstić information content (AvgIpc) is 2.79. The van der Waals surface area contributed by atoms with Gasteiger partial charge in [0.15, 0.2) is 5.16 Å². The fourth-order valence-electron chi connectivity index (χ4n) is 2.75. The van der Waals surface area contributed by atoms with E-state index in [0.717, 1.165) is 22.5 Å². The molecule has 29 heavy (non-hydrogen) atoms. The van der Waals surface area contributed by atoms with E-state index in [1.54, 1.807) is 18.3 Å². The number of amides is 1. The summed E-state index contributed by atoms with van der Waals surface area (Å²) in [6.45, 7) is 0. The van der Waals surface area contributed by atoms with E-state index in [4.69, 9.17) is 0 Å². The average molecular weight is 398 g/mol. The second-order valence-electron chi connectivity index (χ2n) is 6.20. The van der Waals surface area contributed by atoms with Crippen molar-refractivity contribution in [3.05, 3.63) is 91.1 Å². The number of benzene rings is 2. The number of nitrogens with one attached hydrogen (secondary N) is 1. The van der Waals surface area contributed by atoms with Gasteiger partial charge in [0, 0.05) is 17.3 Å². The standard InChI is InChI=1S/C23H18N4OS/c28-22(27-21-13-7-8-14-24-21)16-29-23-25-19(17-9-3-1-4-10-17)15-20(26-23)18-11-5-2-6-12-18/h1-15H,16H2,(H,24,27,28). The van der Waals surface area contributed by atoms with E-state index < -0.39 is 0 Å². The Morgan fingerprint density at radius 3 is 1.93 bits per heavy atom. The molecule has 142 valence electrons. The van der Waals surface area contributed by atoms with Crippen molar-refractivity contribution in [2.24, 2.45) is 0 Å². The molecule has 0 fully saturated rings. The minimum absolute atomic E-state index is 0.149. The maximum atomic E-state index is 12.3. The summed E-state index contributed by atoms with van der Waals surface area (Å²) in [6.07, 6.45) is 1.64. The lowest BCUT2D eigenvalue weighted by Gasteiger charge is -2.09. The van der Waals surface area contributed by atoms with Crippen molar-refractivity contribution in [1.29, 1.82) is 0 Å². The van der Waals surface area contributed by atoms with Crippen LogP contribution in [0.25, 0.3) is 22.5 Å². The third kappa shape index (κ3) is 5.06. The number of nitrogens with zero attached hydrogens (tertiary/aromatic N) is 3. The molecule has 0 unspecified atom stereocenters. The topological polar surface area (TPSA) is 67.8 Å². The van der Waals surface area contributed by atoms with Gasteiger partial charge in [0.05, 0.1) is 17.1 Å². The second-order valence-corrected chi connectivity index (χ2v) is 7.15. The summed E-state index contributed by atoms with van der Waals surface area (Å²) in [4.78, 5) is 25.7. The van der Waals surface area contributed by atoms with Crippen LogP contribution in [0.3, 0.4) is 0 Å². The number of aromatic nitrogens is 3. The zero-order valence-corrected chi connectivity index (χ0v) is 16.3. The first-order valence-corrected chi connectivity index (χ1v) is 10.1. The Kier molecular flexibility index (Phi) is 5.92. The molecular formula is C23H18N4OS. The second kappa shape index (κ2) is 9.12. The number of rotatable bonds is 6. The number of carbonyl (C=O) groups excluding carboxylic acids is 1. The monoisotopic (exact) mass is 398 g/mol. The van der Waals surface area contributed by atoms with Crippen molar-refractivity contribution >= 4 is 23.5 Å². The highest BCUT2D eigenvalue weighted by atomic mass is 32.2. The van der Waals surface area contributed by atoms with E-state index >= 15 is 0 Å². The van der Waals surface area contributed by atoms with Gasteiger partial charge in [-0.25, -0.2) is 15.0 Å². The highest BCUT2D eigenvalue weighted by Gasteiger charge is 2.11. The van der Waals surface area contributed by atoms with Crippen LogP contribution in [0.5, 0.6) is 0 Å². The predicted octanol–water partition coefficient (Wildman–Crippen LogP) is 4.94. The van der Waals surface area contributed by atoms with Crippen LogP contribution in [-0.2, 0) is 4.79 Å². The van der Waals surface area contributed by atoms with Crippen LogP contribution < -0.4 is 5.32 Å². The number of carbonyl (C=O) groups is 1. The molecule has 0 aliphatic heterocycles. The molecule has 5 nitrogen and oxygen atoms in total. The number of hydrogen-bond donors (Lipinski definition) is 1. The normalized spacial score (nSPS) is 10.5. The minimum atomic E-state index is -0.149. The van der Waals surface area contributed by atoms with Crippen LogP contribution in [0, 0.1) is 0 Å². The Morgan fingerprint density at radius 1 is 0.793 bits per heavy atom. The van der Waals surface area contributed by atoms with Crippen molar-refractivity contribution in [2.45, 2.75) is 5.16 Å². The van der Waals surface area contributed by atoms with Gasteiger partial charge >= 0.3 is 0 Å². The van der Waals surface area contributed by atoms with Gasteiger partial charge in [-0.1, -0.05) is 78.5 Å². The maximum absolute atomic E-state index is 12.3. The fourth-order valence-corrected chi connectivity index (χ4v) is 3.41. The van der Waals surface area contributed by atoms with E-state index in [2.05, 4.69) is 20.3 Å². The highest BCUT2D eigenvalue weighted by Crippen LogP contribution is 2.26. The quantitative estimate of drug-likeness (QED) is 0.368. The number of pyridine rings is 1. The Balaban J connectivity index is 1.58. The summed E-state index contributed by atoms with van der Waals surface area (Å²) in [5.74, 6) is 0.578. The fraction of sp³-hybridized carbons (Fsp3) is 0.0435. The molecule has 0 atom stereocenters. The first-order valence-electron chi connectivity index (χ1n) is 9.11. The zero-order valence-electron chi connectivity index (χ0n) is 15.5. The first-order chi connectivity index (χ1) is 14.3. The third-order valence-corrected chi connectivity index (χ3v) is 4.96. The van der Waals surface area contributed by atoms with Crippen LogP contribution in [0.15, 0.2) is 96.3 Å².